The molecule has 1 aliphatic heterocycles. The monoisotopic (exact) mass is 257 g/mol. The van der Waals surface area contributed by atoms with Gasteiger partial charge in [0.15, 0.2) is 0 Å². The van der Waals surface area contributed by atoms with Crippen LogP contribution in [0.5, 0.6) is 0 Å². The number of nitrogens with one attached hydrogen (secondary N) is 2. The van der Waals surface area contributed by atoms with Crippen molar-refractivity contribution in [3.8, 4) is 0 Å². The van der Waals surface area contributed by atoms with Crippen LogP contribution < -0.4 is 10.6 Å². The number of hydrogen-bond donors (Lipinski definition) is 2. The van der Waals surface area contributed by atoms with E-state index in [1.807, 2.05) is 6.92 Å². The van der Waals surface area contributed by atoms with Crippen molar-refractivity contribution >= 4 is 11.8 Å². The van der Waals surface area contributed by atoms with Gasteiger partial charge in [-0.15, -0.1) is 0 Å². The van der Waals surface area contributed by atoms with E-state index < -0.39 is 0 Å². The van der Waals surface area contributed by atoms with Crippen molar-refractivity contribution in [2.75, 3.05) is 39.4 Å². The number of amides is 2. The summed E-state index contributed by atoms with van der Waals surface area (Å²) in [5.41, 5.74) is 0. The van der Waals surface area contributed by atoms with Crippen molar-refractivity contribution in [2.24, 2.45) is 0 Å². The average Bonchev–Trinajstić information content (AvgIpc) is 2.42. The van der Waals surface area contributed by atoms with Gasteiger partial charge in [-0.05, 0) is 13.3 Å². The predicted molar refractivity (Wildman–Crippen MR) is 68.2 cm³/mol. The van der Waals surface area contributed by atoms with Crippen molar-refractivity contribution in [3.63, 3.8) is 0 Å². The maximum Gasteiger partial charge on any atom is 0.239 e. The van der Waals surface area contributed by atoms with Gasteiger partial charge in [-0.3, -0.25) is 14.9 Å². The average molecular weight is 257 g/mol. The van der Waals surface area contributed by atoms with E-state index in [9.17, 15) is 9.59 Å². The topological polar surface area (TPSA) is 70.7 Å². The molecular weight excluding hydrogens is 234 g/mol. The highest BCUT2D eigenvalue weighted by Gasteiger charge is 2.22. The van der Waals surface area contributed by atoms with Gasteiger partial charge >= 0.3 is 0 Å². The molecule has 1 aliphatic rings. The fraction of sp³-hybridized carbons (Fsp3) is 0.833. The van der Waals surface area contributed by atoms with Gasteiger partial charge in [-0.1, -0.05) is 6.92 Å². The van der Waals surface area contributed by atoms with Crippen molar-refractivity contribution in [1.82, 2.24) is 15.5 Å². The molecule has 0 spiro atoms. The Labute approximate surface area is 108 Å². The molecule has 1 saturated heterocycles. The van der Waals surface area contributed by atoms with Crippen LogP contribution in [-0.2, 0) is 14.3 Å². The number of carbonyl (C=O) groups excluding carboxylic acids is 2. The van der Waals surface area contributed by atoms with Crippen LogP contribution in [-0.4, -0.2) is 62.1 Å². The summed E-state index contributed by atoms with van der Waals surface area (Å²) in [4.78, 5) is 25.2. The molecule has 1 rings (SSSR count). The minimum Gasteiger partial charge on any atom is -0.378 e. The van der Waals surface area contributed by atoms with Crippen LogP contribution >= 0.6 is 0 Å². The molecule has 0 aromatic rings. The van der Waals surface area contributed by atoms with Crippen molar-refractivity contribution in [3.05, 3.63) is 0 Å². The van der Waals surface area contributed by atoms with Crippen molar-refractivity contribution in [1.29, 1.82) is 0 Å². The molecule has 2 amide bonds. The summed E-state index contributed by atoms with van der Waals surface area (Å²) in [5, 5.41) is 5.70. The zero-order valence-corrected chi connectivity index (χ0v) is 11.2. The molecule has 1 heterocycles. The van der Waals surface area contributed by atoms with Crippen LogP contribution in [0.3, 0.4) is 0 Å². The molecule has 1 fully saturated rings. The van der Waals surface area contributed by atoms with Gasteiger partial charge in [0.2, 0.25) is 11.8 Å². The third-order valence-corrected chi connectivity index (χ3v) is 2.83. The molecule has 104 valence electrons. The normalized spacial score (nSPS) is 17.3. The molecule has 0 saturated carbocycles. The van der Waals surface area contributed by atoms with Gasteiger partial charge in [0.25, 0.3) is 0 Å². The van der Waals surface area contributed by atoms with Gasteiger partial charge in [-0.25, -0.2) is 0 Å². The number of morpholine rings is 1. The lowest BCUT2D eigenvalue weighted by atomic mass is 10.2. The first-order valence-corrected chi connectivity index (χ1v) is 6.51. The van der Waals surface area contributed by atoms with Crippen LogP contribution in [0.4, 0.5) is 0 Å². The van der Waals surface area contributed by atoms with E-state index in [1.165, 1.54) is 0 Å². The molecule has 0 aliphatic carbocycles. The Balaban J connectivity index is 2.24. The fourth-order valence-corrected chi connectivity index (χ4v) is 1.72. The molecule has 0 radical (unpaired) electrons. The molecule has 0 aromatic carbocycles. The Hall–Kier alpha value is -1.14. The summed E-state index contributed by atoms with van der Waals surface area (Å²) in [5.74, 6) is -0.0416. The van der Waals surface area contributed by atoms with Crippen molar-refractivity contribution in [2.45, 2.75) is 26.3 Å². The largest absolute Gasteiger partial charge is 0.378 e. The number of ether oxygens (including phenoxy) is 1. The third-order valence-electron chi connectivity index (χ3n) is 2.83. The van der Waals surface area contributed by atoms with Gasteiger partial charge < -0.3 is 15.0 Å². The standard InChI is InChI=1S/C12H23N3O3/c1-3-4-13-11(16)9-14-10(2)12(17)15-5-7-18-8-6-15/h10,14H,3-9H2,1-2H3,(H,13,16). The number of nitrogens with zero attached hydrogens (tertiary/aromatic N) is 1. The highest BCUT2D eigenvalue weighted by atomic mass is 16.5. The summed E-state index contributed by atoms with van der Waals surface area (Å²) in [6.45, 7) is 7.08. The van der Waals surface area contributed by atoms with Crippen LogP contribution in [0.15, 0.2) is 0 Å². The van der Waals surface area contributed by atoms with E-state index in [0.717, 1.165) is 6.42 Å². The van der Waals surface area contributed by atoms with Gasteiger partial charge in [0.05, 0.1) is 25.8 Å². The lowest BCUT2D eigenvalue weighted by Gasteiger charge is -2.29. The SMILES string of the molecule is CCCNC(=O)CNC(C)C(=O)N1CCOCC1. The number of rotatable bonds is 6. The van der Waals surface area contributed by atoms with E-state index >= 15 is 0 Å². The quantitative estimate of drug-likeness (QED) is 0.663. The van der Waals surface area contributed by atoms with Crippen molar-refractivity contribution < 1.29 is 14.3 Å². The highest BCUT2D eigenvalue weighted by Crippen LogP contribution is 2.00. The summed E-state index contributed by atoms with van der Waals surface area (Å²) >= 11 is 0. The Morgan fingerprint density at radius 2 is 2.00 bits per heavy atom. The van der Waals surface area contributed by atoms with E-state index in [2.05, 4.69) is 10.6 Å². The molecule has 1 atom stereocenters. The van der Waals surface area contributed by atoms with Crippen LogP contribution in [0.1, 0.15) is 20.3 Å². The first-order valence-electron chi connectivity index (χ1n) is 6.51. The summed E-state index contributed by atoms with van der Waals surface area (Å²) < 4.78 is 5.19. The van der Waals surface area contributed by atoms with Gasteiger partial charge in [0.1, 0.15) is 0 Å². The molecule has 1 unspecified atom stereocenters. The predicted octanol–water partition coefficient (Wildman–Crippen LogP) is -0.650. The zero-order valence-electron chi connectivity index (χ0n) is 11.2. The van der Waals surface area contributed by atoms with E-state index in [1.54, 1.807) is 11.8 Å². The Morgan fingerprint density at radius 3 is 2.61 bits per heavy atom. The van der Waals surface area contributed by atoms with Gasteiger partial charge in [0, 0.05) is 19.6 Å². The molecule has 0 bridgehead atoms. The maximum atomic E-state index is 12.0. The minimum atomic E-state index is -0.338. The van der Waals surface area contributed by atoms with Gasteiger partial charge in [-0.2, -0.15) is 0 Å². The van der Waals surface area contributed by atoms with E-state index in [-0.39, 0.29) is 24.4 Å². The smallest absolute Gasteiger partial charge is 0.239 e. The summed E-state index contributed by atoms with van der Waals surface area (Å²) in [6.07, 6.45) is 0.911. The summed E-state index contributed by atoms with van der Waals surface area (Å²) in [6, 6.07) is -0.338. The Kier molecular flexibility index (Phi) is 6.67. The molecule has 0 aromatic heterocycles. The van der Waals surface area contributed by atoms with E-state index in [0.29, 0.717) is 32.8 Å². The number of hydrogen-bond acceptors (Lipinski definition) is 4. The third kappa shape index (κ3) is 5.01. The maximum absolute atomic E-state index is 12.0. The fourth-order valence-electron chi connectivity index (χ4n) is 1.72. The zero-order chi connectivity index (χ0) is 13.4. The van der Waals surface area contributed by atoms with Crippen LogP contribution in [0.25, 0.3) is 0 Å². The Bertz CT molecular complexity index is 278. The molecular formula is C12H23N3O3. The highest BCUT2D eigenvalue weighted by molar-refractivity contribution is 5.83. The second-order valence-corrected chi connectivity index (χ2v) is 4.39. The molecule has 6 nitrogen and oxygen atoms in total. The summed E-state index contributed by atoms with van der Waals surface area (Å²) in [7, 11) is 0. The number of carbonyl (C=O) groups is 2. The lowest BCUT2D eigenvalue weighted by Crippen LogP contribution is -2.50. The van der Waals surface area contributed by atoms with Crippen LogP contribution in [0, 0.1) is 0 Å². The minimum absolute atomic E-state index is 0.0293. The Morgan fingerprint density at radius 1 is 1.33 bits per heavy atom. The molecule has 18 heavy (non-hydrogen) atoms. The first-order chi connectivity index (χ1) is 8.65. The van der Waals surface area contributed by atoms with E-state index in [4.69, 9.17) is 4.74 Å². The van der Waals surface area contributed by atoms with Crippen LogP contribution in [0.2, 0.25) is 0 Å². The molecule has 2 N–H and O–H groups in total. The second-order valence-electron chi connectivity index (χ2n) is 4.39. The lowest BCUT2D eigenvalue weighted by molar-refractivity contribution is -0.137. The first kappa shape index (κ1) is 14.9. The molecule has 6 heteroatoms. The second kappa shape index (κ2) is 8.05.